The van der Waals surface area contributed by atoms with Gasteiger partial charge in [0.15, 0.2) is 11.0 Å². The number of benzene rings is 1. The number of rotatable bonds is 7. The second kappa shape index (κ2) is 11.7. The lowest BCUT2D eigenvalue weighted by Gasteiger charge is -2.34. The molecule has 0 spiro atoms. The number of carbonyl (C=O) groups excluding carboxylic acids is 3. The lowest BCUT2D eigenvalue weighted by Crippen LogP contribution is -2.41. The Morgan fingerprint density at radius 2 is 1.84 bits per heavy atom. The van der Waals surface area contributed by atoms with Crippen molar-refractivity contribution in [1.29, 1.82) is 0 Å². The van der Waals surface area contributed by atoms with Crippen LogP contribution in [-0.2, 0) is 9.53 Å². The highest BCUT2D eigenvalue weighted by Gasteiger charge is 2.29. The smallest absolute Gasteiger partial charge is 0.410 e. The minimum Gasteiger partial charge on any atom is -0.496 e. The Balaban J connectivity index is 1.82. The Bertz CT molecular complexity index is 1170. The van der Waals surface area contributed by atoms with Gasteiger partial charge in [-0.15, -0.1) is 0 Å². The summed E-state index contributed by atoms with van der Waals surface area (Å²) in [4.78, 5) is 46.3. The number of amides is 2. The zero-order valence-electron chi connectivity index (χ0n) is 21.9. The van der Waals surface area contributed by atoms with Crippen molar-refractivity contribution in [3.8, 4) is 11.6 Å². The molecular weight excluding hydrogens is 498 g/mol. The third-order valence-electron chi connectivity index (χ3n) is 5.61. The summed E-state index contributed by atoms with van der Waals surface area (Å²) in [6.07, 6.45) is 2.99. The number of esters is 1. The number of aromatic nitrogens is 2. The second-order valence-electron chi connectivity index (χ2n) is 9.52. The summed E-state index contributed by atoms with van der Waals surface area (Å²) in [6.45, 7) is 7.94. The molecule has 2 aromatic rings. The van der Waals surface area contributed by atoms with Crippen LogP contribution in [-0.4, -0.2) is 64.9 Å². The fraction of sp³-hybridized carbons (Fsp3) is 0.480. The maximum atomic E-state index is 12.4. The van der Waals surface area contributed by atoms with Crippen LogP contribution in [0.1, 0.15) is 62.4 Å². The molecule has 1 aromatic heterocycles. The van der Waals surface area contributed by atoms with E-state index in [0.29, 0.717) is 29.7 Å². The Morgan fingerprint density at radius 1 is 1.16 bits per heavy atom. The minimum atomic E-state index is -0.841. The first kappa shape index (κ1) is 28.0. The number of ether oxygens (including phenoxy) is 3. The van der Waals surface area contributed by atoms with E-state index in [0.717, 1.165) is 18.4 Å². The SMILES string of the molecule is COc1cc(Nc2nc(SC)nc(OC(C)=O)c2C(N)=O)ccc1C1CCN(C(=O)OC(C)(C)C)CC1. The van der Waals surface area contributed by atoms with Crippen molar-refractivity contribution in [2.75, 3.05) is 31.8 Å². The predicted molar refractivity (Wildman–Crippen MR) is 140 cm³/mol. The van der Waals surface area contributed by atoms with Crippen molar-refractivity contribution in [2.24, 2.45) is 5.73 Å². The zero-order valence-corrected chi connectivity index (χ0v) is 22.7. The summed E-state index contributed by atoms with van der Waals surface area (Å²) in [7, 11) is 1.59. The van der Waals surface area contributed by atoms with Crippen LogP contribution in [0.4, 0.5) is 16.3 Å². The molecule has 12 heteroatoms. The monoisotopic (exact) mass is 531 g/mol. The second-order valence-corrected chi connectivity index (χ2v) is 10.3. The fourth-order valence-electron chi connectivity index (χ4n) is 4.00. The van der Waals surface area contributed by atoms with Gasteiger partial charge in [-0.2, -0.15) is 4.98 Å². The number of piperidine rings is 1. The highest BCUT2D eigenvalue weighted by atomic mass is 32.2. The molecule has 0 bridgehead atoms. The molecule has 2 amide bonds. The number of nitrogens with zero attached hydrogens (tertiary/aromatic N) is 3. The van der Waals surface area contributed by atoms with Crippen LogP contribution in [0.5, 0.6) is 11.6 Å². The van der Waals surface area contributed by atoms with E-state index in [1.165, 1.54) is 18.7 Å². The van der Waals surface area contributed by atoms with Crippen molar-refractivity contribution in [3.05, 3.63) is 29.3 Å². The first-order valence-corrected chi connectivity index (χ1v) is 13.0. The third-order valence-corrected chi connectivity index (χ3v) is 6.16. The van der Waals surface area contributed by atoms with E-state index < -0.39 is 17.5 Å². The number of nitrogens with two attached hydrogens (primary N) is 1. The quantitative estimate of drug-likeness (QED) is 0.304. The number of carbonyl (C=O) groups is 3. The molecule has 3 N–H and O–H groups in total. The van der Waals surface area contributed by atoms with Crippen LogP contribution in [0.3, 0.4) is 0 Å². The van der Waals surface area contributed by atoms with Gasteiger partial charge in [0.05, 0.1) is 7.11 Å². The maximum Gasteiger partial charge on any atom is 0.410 e. The molecule has 11 nitrogen and oxygen atoms in total. The molecule has 0 saturated carbocycles. The summed E-state index contributed by atoms with van der Waals surface area (Å²) in [6, 6.07) is 5.59. The number of likely N-dealkylation sites (tertiary alicyclic amines) is 1. The van der Waals surface area contributed by atoms with Crippen LogP contribution >= 0.6 is 11.8 Å². The van der Waals surface area contributed by atoms with Gasteiger partial charge in [-0.3, -0.25) is 9.59 Å². The van der Waals surface area contributed by atoms with Crippen LogP contribution in [0.2, 0.25) is 0 Å². The molecular formula is C25H33N5O6S. The molecule has 0 aliphatic carbocycles. The van der Waals surface area contributed by atoms with Crippen LogP contribution in [0, 0.1) is 0 Å². The van der Waals surface area contributed by atoms with Crippen LogP contribution in [0.25, 0.3) is 0 Å². The van der Waals surface area contributed by atoms with E-state index >= 15 is 0 Å². The molecule has 1 fully saturated rings. The molecule has 3 rings (SSSR count). The summed E-state index contributed by atoms with van der Waals surface area (Å²) in [5, 5.41) is 3.38. The summed E-state index contributed by atoms with van der Waals surface area (Å²) in [5.41, 5.74) is 6.50. The number of methoxy groups -OCH3 is 1. The van der Waals surface area contributed by atoms with E-state index in [1.54, 1.807) is 24.3 Å². The lowest BCUT2D eigenvalue weighted by molar-refractivity contribution is -0.132. The number of anilines is 2. The van der Waals surface area contributed by atoms with Gasteiger partial charge >= 0.3 is 12.1 Å². The van der Waals surface area contributed by atoms with Gasteiger partial charge in [-0.1, -0.05) is 17.8 Å². The number of hydrogen-bond donors (Lipinski definition) is 2. The Morgan fingerprint density at radius 3 is 2.38 bits per heavy atom. The zero-order chi connectivity index (χ0) is 27.3. The van der Waals surface area contributed by atoms with Crippen molar-refractivity contribution in [1.82, 2.24) is 14.9 Å². The Hall–Kier alpha value is -3.54. The van der Waals surface area contributed by atoms with Crippen LogP contribution < -0.4 is 20.5 Å². The van der Waals surface area contributed by atoms with Gasteiger partial charge in [0.1, 0.15) is 16.9 Å². The standard InChI is InChI=1S/C25H33N5O6S/c1-14(31)35-22-19(20(26)32)21(28-23(29-22)37-6)27-16-7-8-17(18(13-16)34-5)15-9-11-30(12-10-15)24(33)36-25(2,3)4/h7-8,13,15H,9-12H2,1-6H3,(H2,26,32)(H,27,28,29). The van der Waals surface area contributed by atoms with Gasteiger partial charge < -0.3 is 30.2 Å². The Labute approximate surface area is 220 Å². The molecule has 0 unspecified atom stereocenters. The van der Waals surface area contributed by atoms with E-state index in [-0.39, 0.29) is 29.3 Å². The molecule has 0 atom stereocenters. The molecule has 1 aromatic carbocycles. The topological polar surface area (TPSA) is 146 Å². The number of hydrogen-bond acceptors (Lipinski definition) is 10. The van der Waals surface area contributed by atoms with E-state index in [9.17, 15) is 14.4 Å². The van der Waals surface area contributed by atoms with E-state index in [1.807, 2.05) is 32.9 Å². The molecule has 2 heterocycles. The van der Waals surface area contributed by atoms with Gasteiger partial charge in [0.25, 0.3) is 5.91 Å². The van der Waals surface area contributed by atoms with Crippen molar-refractivity contribution in [3.63, 3.8) is 0 Å². The molecule has 0 radical (unpaired) electrons. The highest BCUT2D eigenvalue weighted by molar-refractivity contribution is 7.98. The van der Waals surface area contributed by atoms with Crippen LogP contribution in [0.15, 0.2) is 23.4 Å². The molecule has 1 saturated heterocycles. The maximum absolute atomic E-state index is 12.4. The van der Waals surface area contributed by atoms with Gasteiger partial charge in [-0.05, 0) is 57.4 Å². The van der Waals surface area contributed by atoms with Crippen molar-refractivity contribution >= 4 is 41.2 Å². The lowest BCUT2D eigenvalue weighted by atomic mass is 9.88. The number of thioether (sulfide) groups is 1. The third kappa shape index (κ3) is 7.25. The largest absolute Gasteiger partial charge is 0.496 e. The summed E-state index contributed by atoms with van der Waals surface area (Å²) in [5.74, 6) is -0.720. The van der Waals surface area contributed by atoms with E-state index in [4.69, 9.17) is 19.9 Å². The normalized spacial score (nSPS) is 14.2. The predicted octanol–water partition coefficient (Wildman–Crippen LogP) is 4.09. The van der Waals surface area contributed by atoms with Gasteiger partial charge in [0, 0.05) is 31.8 Å². The molecule has 1 aliphatic rings. The number of primary amides is 1. The number of nitrogens with one attached hydrogen (secondary N) is 1. The van der Waals surface area contributed by atoms with Crippen molar-refractivity contribution in [2.45, 2.75) is 57.2 Å². The summed E-state index contributed by atoms with van der Waals surface area (Å²) >= 11 is 1.22. The first-order valence-electron chi connectivity index (χ1n) is 11.8. The average molecular weight is 532 g/mol. The average Bonchev–Trinajstić information content (AvgIpc) is 2.82. The van der Waals surface area contributed by atoms with Gasteiger partial charge in [-0.25, -0.2) is 9.78 Å². The summed E-state index contributed by atoms with van der Waals surface area (Å²) < 4.78 is 16.3. The molecule has 37 heavy (non-hydrogen) atoms. The first-order chi connectivity index (χ1) is 17.4. The van der Waals surface area contributed by atoms with Crippen molar-refractivity contribution < 1.29 is 28.6 Å². The molecule has 1 aliphatic heterocycles. The fourth-order valence-corrected chi connectivity index (χ4v) is 4.35. The minimum absolute atomic E-state index is 0.114. The van der Waals surface area contributed by atoms with E-state index in [2.05, 4.69) is 15.3 Å². The Kier molecular flexibility index (Phi) is 8.85. The van der Waals surface area contributed by atoms with Gasteiger partial charge in [0.2, 0.25) is 5.88 Å². The molecule has 200 valence electrons. The highest BCUT2D eigenvalue weighted by Crippen LogP contribution is 2.37.